The number of aryl methyl sites for hydroxylation is 2. The van der Waals surface area contributed by atoms with Crippen LogP contribution in [0.4, 0.5) is 5.69 Å². The Morgan fingerprint density at radius 3 is 2.36 bits per heavy atom. The standard InChI is InChI=1S/C20H28N2/c1-4-17-13-9-10-16(3)20(17)22-15-14-21-19(5-2)18-11-7-6-8-12-18/h6-13,19,21-22H,4-5,14-15H2,1-3H3. The highest BCUT2D eigenvalue weighted by atomic mass is 15.0. The summed E-state index contributed by atoms with van der Waals surface area (Å²) in [7, 11) is 0. The summed E-state index contributed by atoms with van der Waals surface area (Å²) in [4.78, 5) is 0. The summed E-state index contributed by atoms with van der Waals surface area (Å²) in [5, 5.41) is 7.25. The maximum Gasteiger partial charge on any atom is 0.0402 e. The largest absolute Gasteiger partial charge is 0.383 e. The number of hydrogen-bond donors (Lipinski definition) is 2. The van der Waals surface area contributed by atoms with Crippen molar-refractivity contribution in [1.29, 1.82) is 0 Å². The first kappa shape index (κ1) is 16.6. The molecule has 0 aliphatic carbocycles. The number of hydrogen-bond acceptors (Lipinski definition) is 2. The van der Waals surface area contributed by atoms with E-state index in [1.54, 1.807) is 0 Å². The molecule has 0 bridgehead atoms. The fourth-order valence-corrected chi connectivity index (χ4v) is 2.89. The van der Waals surface area contributed by atoms with Crippen LogP contribution in [0.25, 0.3) is 0 Å². The van der Waals surface area contributed by atoms with Gasteiger partial charge < -0.3 is 10.6 Å². The molecule has 2 heteroatoms. The monoisotopic (exact) mass is 296 g/mol. The molecule has 1 unspecified atom stereocenters. The molecule has 0 spiro atoms. The summed E-state index contributed by atoms with van der Waals surface area (Å²) in [6, 6.07) is 17.6. The third kappa shape index (κ3) is 4.35. The van der Waals surface area contributed by atoms with Crippen LogP contribution < -0.4 is 10.6 Å². The van der Waals surface area contributed by atoms with E-state index >= 15 is 0 Å². The van der Waals surface area contributed by atoms with Crippen molar-refractivity contribution in [2.45, 2.75) is 39.7 Å². The molecule has 2 N–H and O–H groups in total. The summed E-state index contributed by atoms with van der Waals surface area (Å²) in [5.74, 6) is 0. The van der Waals surface area contributed by atoms with E-state index in [2.05, 4.69) is 79.9 Å². The molecule has 0 amide bonds. The van der Waals surface area contributed by atoms with E-state index in [9.17, 15) is 0 Å². The molecular weight excluding hydrogens is 268 g/mol. The van der Waals surface area contributed by atoms with Crippen LogP contribution in [0.2, 0.25) is 0 Å². The molecule has 0 radical (unpaired) electrons. The van der Waals surface area contributed by atoms with E-state index < -0.39 is 0 Å². The zero-order valence-corrected chi connectivity index (χ0v) is 14.0. The Balaban J connectivity index is 1.87. The molecule has 2 aromatic rings. The van der Waals surface area contributed by atoms with Crippen molar-refractivity contribution >= 4 is 5.69 Å². The average molecular weight is 296 g/mol. The van der Waals surface area contributed by atoms with E-state index in [4.69, 9.17) is 0 Å². The molecule has 0 saturated carbocycles. The maximum absolute atomic E-state index is 3.65. The molecule has 0 aromatic heterocycles. The first-order valence-electron chi connectivity index (χ1n) is 8.37. The lowest BCUT2D eigenvalue weighted by atomic mass is 10.0. The van der Waals surface area contributed by atoms with Crippen LogP contribution in [-0.2, 0) is 6.42 Å². The van der Waals surface area contributed by atoms with E-state index in [-0.39, 0.29) is 0 Å². The summed E-state index contributed by atoms with van der Waals surface area (Å²) in [5.41, 5.74) is 5.40. The van der Waals surface area contributed by atoms with Gasteiger partial charge in [-0.1, -0.05) is 62.4 Å². The van der Waals surface area contributed by atoms with Gasteiger partial charge in [0, 0.05) is 24.8 Å². The van der Waals surface area contributed by atoms with Crippen molar-refractivity contribution < 1.29 is 0 Å². The second-order valence-electron chi connectivity index (χ2n) is 5.72. The lowest BCUT2D eigenvalue weighted by Gasteiger charge is -2.19. The normalized spacial score (nSPS) is 12.1. The molecule has 118 valence electrons. The van der Waals surface area contributed by atoms with Crippen LogP contribution >= 0.6 is 0 Å². The van der Waals surface area contributed by atoms with Crippen LogP contribution in [0.1, 0.15) is 43.0 Å². The third-order valence-corrected chi connectivity index (χ3v) is 4.17. The lowest BCUT2D eigenvalue weighted by molar-refractivity contribution is 0.531. The van der Waals surface area contributed by atoms with Crippen molar-refractivity contribution in [3.63, 3.8) is 0 Å². The Bertz CT molecular complexity index is 563. The van der Waals surface area contributed by atoms with E-state index in [0.29, 0.717) is 6.04 Å². The van der Waals surface area contributed by atoms with Crippen molar-refractivity contribution in [2.24, 2.45) is 0 Å². The highest BCUT2D eigenvalue weighted by Gasteiger charge is 2.08. The topological polar surface area (TPSA) is 24.1 Å². The molecule has 2 nitrogen and oxygen atoms in total. The minimum absolute atomic E-state index is 0.436. The van der Waals surface area contributed by atoms with Crippen molar-refractivity contribution in [3.05, 3.63) is 65.2 Å². The Labute approximate surface area is 135 Å². The highest BCUT2D eigenvalue weighted by Crippen LogP contribution is 2.21. The second-order valence-corrected chi connectivity index (χ2v) is 5.72. The third-order valence-electron chi connectivity index (χ3n) is 4.17. The second kappa shape index (κ2) is 8.60. The van der Waals surface area contributed by atoms with Crippen LogP contribution in [0.5, 0.6) is 0 Å². The number of para-hydroxylation sites is 1. The van der Waals surface area contributed by atoms with Gasteiger partial charge in [0.15, 0.2) is 0 Å². The lowest BCUT2D eigenvalue weighted by Crippen LogP contribution is -2.27. The molecule has 2 rings (SSSR count). The van der Waals surface area contributed by atoms with Gasteiger partial charge in [-0.05, 0) is 36.5 Å². The molecule has 22 heavy (non-hydrogen) atoms. The number of anilines is 1. The number of rotatable bonds is 8. The summed E-state index contributed by atoms with van der Waals surface area (Å²) >= 11 is 0. The Kier molecular flexibility index (Phi) is 6.47. The Hall–Kier alpha value is -1.80. The van der Waals surface area contributed by atoms with Gasteiger partial charge in [0.05, 0.1) is 0 Å². The van der Waals surface area contributed by atoms with Gasteiger partial charge in [-0.2, -0.15) is 0 Å². The smallest absolute Gasteiger partial charge is 0.0402 e. The quantitative estimate of drug-likeness (QED) is 0.689. The highest BCUT2D eigenvalue weighted by molar-refractivity contribution is 5.57. The van der Waals surface area contributed by atoms with Gasteiger partial charge in [0.2, 0.25) is 0 Å². The van der Waals surface area contributed by atoms with Crippen LogP contribution in [0.3, 0.4) is 0 Å². The zero-order chi connectivity index (χ0) is 15.8. The average Bonchev–Trinajstić information content (AvgIpc) is 2.56. The molecule has 2 aromatic carbocycles. The number of nitrogens with one attached hydrogen (secondary N) is 2. The predicted octanol–water partition coefficient (Wildman–Crippen LogP) is 4.71. The van der Waals surface area contributed by atoms with Crippen molar-refractivity contribution in [1.82, 2.24) is 5.32 Å². The molecule has 0 fully saturated rings. The van der Waals surface area contributed by atoms with Gasteiger partial charge >= 0.3 is 0 Å². The maximum atomic E-state index is 3.65. The molecule has 0 aliphatic heterocycles. The van der Waals surface area contributed by atoms with Crippen molar-refractivity contribution in [3.8, 4) is 0 Å². The van der Waals surface area contributed by atoms with E-state index in [0.717, 1.165) is 25.9 Å². The summed E-state index contributed by atoms with van der Waals surface area (Å²) in [6.45, 7) is 8.52. The molecular formula is C20H28N2. The first-order chi connectivity index (χ1) is 10.8. The summed E-state index contributed by atoms with van der Waals surface area (Å²) in [6.07, 6.45) is 2.17. The van der Waals surface area contributed by atoms with Crippen molar-refractivity contribution in [2.75, 3.05) is 18.4 Å². The van der Waals surface area contributed by atoms with E-state index in [1.807, 2.05) is 0 Å². The molecule has 0 aliphatic rings. The van der Waals surface area contributed by atoms with Crippen LogP contribution in [0, 0.1) is 6.92 Å². The zero-order valence-electron chi connectivity index (χ0n) is 14.0. The molecule has 1 atom stereocenters. The van der Waals surface area contributed by atoms with Crippen LogP contribution in [0.15, 0.2) is 48.5 Å². The van der Waals surface area contributed by atoms with Gasteiger partial charge in [-0.3, -0.25) is 0 Å². The van der Waals surface area contributed by atoms with Crippen LogP contribution in [-0.4, -0.2) is 13.1 Å². The predicted molar refractivity (Wildman–Crippen MR) is 96.5 cm³/mol. The first-order valence-corrected chi connectivity index (χ1v) is 8.37. The fourth-order valence-electron chi connectivity index (χ4n) is 2.89. The summed E-state index contributed by atoms with van der Waals surface area (Å²) < 4.78 is 0. The van der Waals surface area contributed by atoms with Gasteiger partial charge in [-0.25, -0.2) is 0 Å². The Morgan fingerprint density at radius 1 is 0.909 bits per heavy atom. The van der Waals surface area contributed by atoms with E-state index in [1.165, 1.54) is 22.4 Å². The molecule has 0 heterocycles. The Morgan fingerprint density at radius 2 is 1.68 bits per heavy atom. The SMILES string of the molecule is CCc1cccc(C)c1NCCNC(CC)c1ccccc1. The van der Waals surface area contributed by atoms with Gasteiger partial charge in [0.25, 0.3) is 0 Å². The minimum Gasteiger partial charge on any atom is -0.383 e. The molecule has 0 saturated heterocycles. The van der Waals surface area contributed by atoms with Gasteiger partial charge in [0.1, 0.15) is 0 Å². The number of benzene rings is 2. The minimum atomic E-state index is 0.436. The fraction of sp³-hybridized carbons (Fsp3) is 0.400. The van der Waals surface area contributed by atoms with Gasteiger partial charge in [-0.15, -0.1) is 0 Å².